The van der Waals surface area contributed by atoms with Gasteiger partial charge < -0.3 is 9.47 Å². The Balaban J connectivity index is 2.04. The number of thioether (sulfide) groups is 1. The van der Waals surface area contributed by atoms with Crippen LogP contribution in [0.25, 0.3) is 0 Å². The number of benzene rings is 2. The normalized spacial score (nSPS) is 10.2. The third-order valence-corrected chi connectivity index (χ3v) is 4.43. The fraction of sp³-hybridized carbons (Fsp3) is 0.188. The number of Topliss-reactive ketones (excluding diaryl/α,β-unsaturated/α-hetero) is 1. The van der Waals surface area contributed by atoms with Gasteiger partial charge in [0.15, 0.2) is 17.3 Å². The van der Waals surface area contributed by atoms with Crippen molar-refractivity contribution in [3.05, 3.63) is 52.5 Å². The van der Waals surface area contributed by atoms with Gasteiger partial charge in [0.05, 0.1) is 20.0 Å². The molecule has 2 aromatic rings. The van der Waals surface area contributed by atoms with Gasteiger partial charge >= 0.3 is 0 Å². The highest BCUT2D eigenvalue weighted by molar-refractivity contribution is 9.10. The number of carbonyl (C=O) groups excluding carboxylic acids is 1. The van der Waals surface area contributed by atoms with Crippen molar-refractivity contribution in [1.29, 1.82) is 0 Å². The number of halogens is 1. The molecule has 0 heterocycles. The van der Waals surface area contributed by atoms with Gasteiger partial charge in [0.1, 0.15) is 0 Å². The number of hydrogen-bond donors (Lipinski definition) is 0. The largest absolute Gasteiger partial charge is 0.493 e. The summed E-state index contributed by atoms with van der Waals surface area (Å²) in [6.07, 6.45) is 0. The molecule has 0 N–H and O–H groups in total. The molecule has 0 saturated heterocycles. The molecule has 0 radical (unpaired) electrons. The lowest BCUT2D eigenvalue weighted by Gasteiger charge is -2.09. The minimum Gasteiger partial charge on any atom is -0.493 e. The Morgan fingerprint density at radius 3 is 2.33 bits per heavy atom. The predicted molar refractivity (Wildman–Crippen MR) is 88.7 cm³/mol. The van der Waals surface area contributed by atoms with E-state index in [0.29, 0.717) is 22.8 Å². The molecule has 110 valence electrons. The van der Waals surface area contributed by atoms with Crippen LogP contribution in [0.5, 0.6) is 11.5 Å². The number of carbonyl (C=O) groups is 1. The van der Waals surface area contributed by atoms with E-state index in [-0.39, 0.29) is 5.78 Å². The maximum Gasteiger partial charge on any atom is 0.173 e. The Kier molecular flexibility index (Phi) is 5.70. The number of ether oxygens (including phenoxy) is 2. The highest BCUT2D eigenvalue weighted by atomic mass is 79.9. The molecule has 0 aliphatic carbocycles. The summed E-state index contributed by atoms with van der Waals surface area (Å²) in [5, 5.41) is 0. The van der Waals surface area contributed by atoms with E-state index in [1.165, 1.54) is 11.8 Å². The van der Waals surface area contributed by atoms with Crippen LogP contribution in [0.1, 0.15) is 10.4 Å². The number of rotatable bonds is 6. The van der Waals surface area contributed by atoms with E-state index >= 15 is 0 Å². The van der Waals surface area contributed by atoms with Crippen molar-refractivity contribution in [2.45, 2.75) is 4.90 Å². The van der Waals surface area contributed by atoms with Crippen LogP contribution >= 0.6 is 27.7 Å². The Bertz CT molecular complexity index is 626. The molecule has 0 fully saturated rings. The molecule has 0 aliphatic rings. The van der Waals surface area contributed by atoms with Gasteiger partial charge in [0.2, 0.25) is 0 Å². The Hall–Kier alpha value is -1.46. The van der Waals surface area contributed by atoms with Gasteiger partial charge in [-0.1, -0.05) is 15.9 Å². The Morgan fingerprint density at radius 1 is 1.05 bits per heavy atom. The molecule has 0 bridgehead atoms. The summed E-state index contributed by atoms with van der Waals surface area (Å²) in [5.41, 5.74) is 0.622. The van der Waals surface area contributed by atoms with Crippen LogP contribution in [0, 0.1) is 0 Å². The van der Waals surface area contributed by atoms with Crippen molar-refractivity contribution >= 4 is 33.5 Å². The maximum atomic E-state index is 12.2. The van der Waals surface area contributed by atoms with E-state index < -0.39 is 0 Å². The van der Waals surface area contributed by atoms with Crippen LogP contribution in [0.15, 0.2) is 51.8 Å². The second kappa shape index (κ2) is 7.52. The molecule has 2 aromatic carbocycles. The molecular weight excluding hydrogens is 352 g/mol. The fourth-order valence-corrected chi connectivity index (χ4v) is 2.83. The molecule has 0 saturated carbocycles. The average Bonchev–Trinajstić information content (AvgIpc) is 2.53. The van der Waals surface area contributed by atoms with Crippen molar-refractivity contribution in [3.8, 4) is 11.5 Å². The quantitative estimate of drug-likeness (QED) is 0.559. The molecule has 0 aliphatic heterocycles. The summed E-state index contributed by atoms with van der Waals surface area (Å²) in [7, 11) is 3.13. The van der Waals surface area contributed by atoms with Crippen LogP contribution in [0.3, 0.4) is 0 Å². The first-order valence-electron chi connectivity index (χ1n) is 6.27. The van der Waals surface area contributed by atoms with Crippen LogP contribution in [0.4, 0.5) is 0 Å². The predicted octanol–water partition coefficient (Wildman–Crippen LogP) is 4.44. The molecule has 0 unspecified atom stereocenters. The van der Waals surface area contributed by atoms with E-state index in [1.54, 1.807) is 32.4 Å². The molecule has 2 rings (SSSR count). The summed E-state index contributed by atoms with van der Waals surface area (Å²) >= 11 is 4.90. The topological polar surface area (TPSA) is 35.5 Å². The van der Waals surface area contributed by atoms with E-state index in [4.69, 9.17) is 9.47 Å². The van der Waals surface area contributed by atoms with Crippen molar-refractivity contribution in [2.24, 2.45) is 0 Å². The highest BCUT2D eigenvalue weighted by Crippen LogP contribution is 2.28. The standard InChI is InChI=1S/C16H15BrO3S/c1-19-15-8-3-11(9-16(15)20-2)14(18)10-21-13-6-4-12(17)5-7-13/h3-9H,10H2,1-2H3. The molecular formula is C16H15BrO3S. The molecule has 0 aromatic heterocycles. The summed E-state index contributed by atoms with van der Waals surface area (Å²) in [6, 6.07) is 13.1. The SMILES string of the molecule is COc1ccc(C(=O)CSc2ccc(Br)cc2)cc1OC. The summed E-state index contributed by atoms with van der Waals surface area (Å²) in [6.45, 7) is 0. The third-order valence-electron chi connectivity index (χ3n) is 2.89. The van der Waals surface area contributed by atoms with Gasteiger partial charge in [-0.2, -0.15) is 0 Å². The third kappa shape index (κ3) is 4.25. The van der Waals surface area contributed by atoms with Gasteiger partial charge in [-0.05, 0) is 42.5 Å². The average molecular weight is 367 g/mol. The molecule has 0 spiro atoms. The molecule has 0 amide bonds. The first-order chi connectivity index (χ1) is 10.1. The highest BCUT2D eigenvalue weighted by Gasteiger charge is 2.11. The summed E-state index contributed by atoms with van der Waals surface area (Å²) in [4.78, 5) is 13.3. The molecule has 3 nitrogen and oxygen atoms in total. The van der Waals surface area contributed by atoms with E-state index in [0.717, 1.165) is 9.37 Å². The lowest BCUT2D eigenvalue weighted by molar-refractivity contribution is 0.102. The van der Waals surface area contributed by atoms with E-state index in [9.17, 15) is 4.79 Å². The zero-order chi connectivity index (χ0) is 15.2. The van der Waals surface area contributed by atoms with Crippen molar-refractivity contribution < 1.29 is 14.3 Å². The minimum absolute atomic E-state index is 0.0591. The van der Waals surface area contributed by atoms with E-state index in [1.807, 2.05) is 24.3 Å². The summed E-state index contributed by atoms with van der Waals surface area (Å²) < 4.78 is 11.4. The smallest absolute Gasteiger partial charge is 0.173 e. The maximum absolute atomic E-state index is 12.2. The number of ketones is 1. The second-order valence-electron chi connectivity index (χ2n) is 4.24. The van der Waals surface area contributed by atoms with Crippen LogP contribution in [0.2, 0.25) is 0 Å². The van der Waals surface area contributed by atoms with Gasteiger partial charge in [-0.25, -0.2) is 0 Å². The minimum atomic E-state index is 0.0591. The first kappa shape index (κ1) is 15.9. The second-order valence-corrected chi connectivity index (χ2v) is 6.20. The van der Waals surface area contributed by atoms with E-state index in [2.05, 4.69) is 15.9 Å². The van der Waals surface area contributed by atoms with Gasteiger partial charge in [-0.3, -0.25) is 4.79 Å². The monoisotopic (exact) mass is 366 g/mol. The molecule has 5 heteroatoms. The lowest BCUT2D eigenvalue weighted by atomic mass is 10.1. The van der Waals surface area contributed by atoms with Crippen LogP contribution in [-0.2, 0) is 0 Å². The molecule has 21 heavy (non-hydrogen) atoms. The Labute approximate surface area is 136 Å². The van der Waals surface area contributed by atoms with Crippen LogP contribution < -0.4 is 9.47 Å². The fourth-order valence-electron chi connectivity index (χ4n) is 1.77. The lowest BCUT2D eigenvalue weighted by Crippen LogP contribution is -2.03. The molecule has 0 atom stereocenters. The van der Waals surface area contributed by atoms with Crippen molar-refractivity contribution in [1.82, 2.24) is 0 Å². The van der Waals surface area contributed by atoms with Crippen molar-refractivity contribution in [3.63, 3.8) is 0 Å². The van der Waals surface area contributed by atoms with Gasteiger partial charge in [-0.15, -0.1) is 11.8 Å². The van der Waals surface area contributed by atoms with Gasteiger partial charge in [0, 0.05) is 14.9 Å². The summed E-state index contributed by atoms with van der Waals surface area (Å²) in [5.74, 6) is 1.63. The first-order valence-corrected chi connectivity index (χ1v) is 8.05. The van der Waals surface area contributed by atoms with Crippen molar-refractivity contribution in [2.75, 3.05) is 20.0 Å². The van der Waals surface area contributed by atoms with Crippen LogP contribution in [-0.4, -0.2) is 25.8 Å². The zero-order valence-electron chi connectivity index (χ0n) is 11.8. The number of methoxy groups -OCH3 is 2. The van der Waals surface area contributed by atoms with Gasteiger partial charge in [0.25, 0.3) is 0 Å². The zero-order valence-corrected chi connectivity index (χ0v) is 14.2. The Morgan fingerprint density at radius 2 is 1.71 bits per heavy atom. The number of hydrogen-bond acceptors (Lipinski definition) is 4.